The first-order valence-electron chi connectivity index (χ1n) is 10.4. The Balaban J connectivity index is 1.50. The molecule has 168 valence electrons. The van der Waals surface area contributed by atoms with E-state index >= 15 is 0 Å². The second-order valence-corrected chi connectivity index (χ2v) is 9.09. The maximum absolute atomic E-state index is 12.8. The second kappa shape index (κ2) is 8.30. The molecular weight excluding hydrogens is 461 g/mol. The van der Waals surface area contributed by atoms with Crippen molar-refractivity contribution in [1.82, 2.24) is 24.4 Å². The molecule has 0 amide bonds. The lowest BCUT2D eigenvalue weighted by molar-refractivity contribution is 0.303. The van der Waals surface area contributed by atoms with E-state index < -0.39 is 5.69 Å². The van der Waals surface area contributed by atoms with Gasteiger partial charge >= 0.3 is 5.69 Å². The Hall–Kier alpha value is -3.20. The van der Waals surface area contributed by atoms with Crippen molar-refractivity contribution < 1.29 is 0 Å². The lowest BCUT2D eigenvalue weighted by Crippen LogP contribution is -2.34. The Morgan fingerprint density at radius 1 is 1.15 bits per heavy atom. The fourth-order valence-corrected chi connectivity index (χ4v) is 4.74. The number of benzene rings is 2. The van der Waals surface area contributed by atoms with E-state index in [9.17, 15) is 4.79 Å². The van der Waals surface area contributed by atoms with Crippen molar-refractivity contribution >= 4 is 45.9 Å². The number of H-pyrrole nitrogens is 1. The number of aromatic nitrogens is 4. The van der Waals surface area contributed by atoms with Crippen molar-refractivity contribution in [3.63, 3.8) is 0 Å². The molecule has 5 rings (SSSR count). The second-order valence-electron chi connectivity index (χ2n) is 8.27. The molecule has 2 aromatic carbocycles. The van der Waals surface area contributed by atoms with Gasteiger partial charge in [0.25, 0.3) is 0 Å². The largest absolute Gasteiger partial charge is 0.333 e. The van der Waals surface area contributed by atoms with Crippen LogP contribution in [0, 0.1) is 5.41 Å². The zero-order valence-electron chi connectivity index (χ0n) is 18.0. The van der Waals surface area contributed by atoms with Crippen molar-refractivity contribution in [3.8, 4) is 5.69 Å². The molecule has 0 bridgehead atoms. The zero-order chi connectivity index (χ0) is 23.3. The molecule has 0 radical (unpaired) electrons. The van der Waals surface area contributed by atoms with Crippen LogP contribution in [0.15, 0.2) is 47.4 Å². The summed E-state index contributed by atoms with van der Waals surface area (Å²) in [7, 11) is 4.20. The molecule has 2 heterocycles. The standard InChI is InChI=1S/C23H21Cl2N7O/c1-31(2)15-9-12-6-7-14(8-13(12)10-15)28-22-27-11-16-20(26)32(23(33)30-21(16)29-22)19-17(24)4-3-5-18(19)25/h3-8,11,15,26H,9-10H2,1-2H3,(H2,27,28,29,30,33)/t15-/m1/s1. The molecule has 0 spiro atoms. The summed E-state index contributed by atoms with van der Waals surface area (Å²) in [6, 6.07) is 11.6. The third-order valence-electron chi connectivity index (χ3n) is 5.96. The molecule has 10 heteroatoms. The maximum atomic E-state index is 12.8. The van der Waals surface area contributed by atoms with E-state index in [2.05, 4.69) is 51.4 Å². The van der Waals surface area contributed by atoms with Crippen LogP contribution in [0.25, 0.3) is 16.7 Å². The molecule has 4 aromatic rings. The van der Waals surface area contributed by atoms with E-state index in [1.807, 2.05) is 6.07 Å². The number of rotatable bonds is 4. The van der Waals surface area contributed by atoms with E-state index in [1.165, 1.54) is 17.3 Å². The highest BCUT2D eigenvalue weighted by Crippen LogP contribution is 2.29. The lowest BCUT2D eigenvalue weighted by atomic mass is 10.1. The summed E-state index contributed by atoms with van der Waals surface area (Å²) in [4.78, 5) is 26.6. The Labute approximate surface area is 199 Å². The molecule has 1 atom stereocenters. The molecule has 0 saturated carbocycles. The van der Waals surface area contributed by atoms with Gasteiger partial charge in [0.2, 0.25) is 5.95 Å². The Bertz CT molecular complexity index is 1490. The predicted molar refractivity (Wildman–Crippen MR) is 130 cm³/mol. The molecule has 0 unspecified atom stereocenters. The molecule has 2 aromatic heterocycles. The molecule has 8 nitrogen and oxygen atoms in total. The summed E-state index contributed by atoms with van der Waals surface area (Å²) in [5.41, 5.74) is 3.33. The molecule has 1 aliphatic rings. The predicted octanol–water partition coefficient (Wildman–Crippen LogP) is 3.67. The van der Waals surface area contributed by atoms with Gasteiger partial charge in [-0.15, -0.1) is 0 Å². The van der Waals surface area contributed by atoms with Crippen LogP contribution in [0.5, 0.6) is 0 Å². The fraction of sp³-hybridized carbons (Fsp3) is 0.217. The van der Waals surface area contributed by atoms with Crippen molar-refractivity contribution in [2.45, 2.75) is 18.9 Å². The van der Waals surface area contributed by atoms with Gasteiger partial charge in [-0.3, -0.25) is 10.4 Å². The van der Waals surface area contributed by atoms with Crippen molar-refractivity contribution in [3.05, 3.63) is 79.7 Å². The number of anilines is 2. The summed E-state index contributed by atoms with van der Waals surface area (Å²) in [5.74, 6) is 0.327. The van der Waals surface area contributed by atoms with Gasteiger partial charge in [-0.2, -0.15) is 4.98 Å². The summed E-state index contributed by atoms with van der Waals surface area (Å²) in [6.45, 7) is 0. The molecule has 1 aliphatic carbocycles. The highest BCUT2D eigenvalue weighted by Gasteiger charge is 2.23. The summed E-state index contributed by atoms with van der Waals surface area (Å²) in [6.07, 6.45) is 3.54. The van der Waals surface area contributed by atoms with Gasteiger partial charge < -0.3 is 10.2 Å². The van der Waals surface area contributed by atoms with Gasteiger partial charge in [-0.1, -0.05) is 35.3 Å². The highest BCUT2D eigenvalue weighted by molar-refractivity contribution is 6.37. The molecule has 0 fully saturated rings. The summed E-state index contributed by atoms with van der Waals surface area (Å²) in [5, 5.41) is 12.7. The van der Waals surface area contributed by atoms with Gasteiger partial charge in [0.05, 0.1) is 21.1 Å². The highest BCUT2D eigenvalue weighted by atomic mass is 35.5. The smallest absolute Gasteiger partial charge is 0.324 e. The van der Waals surface area contributed by atoms with Gasteiger partial charge in [-0.25, -0.2) is 14.3 Å². The minimum absolute atomic E-state index is 0.109. The van der Waals surface area contributed by atoms with Crippen LogP contribution in [0.1, 0.15) is 11.1 Å². The van der Waals surface area contributed by atoms with Gasteiger partial charge in [0.1, 0.15) is 5.49 Å². The minimum atomic E-state index is -0.570. The van der Waals surface area contributed by atoms with Crippen molar-refractivity contribution in [2.24, 2.45) is 0 Å². The van der Waals surface area contributed by atoms with Gasteiger partial charge in [-0.05, 0) is 62.3 Å². The monoisotopic (exact) mass is 481 g/mol. The number of para-hydroxylation sites is 1. The molecule has 33 heavy (non-hydrogen) atoms. The summed E-state index contributed by atoms with van der Waals surface area (Å²) < 4.78 is 1.12. The number of likely N-dealkylation sites (N-methyl/N-ethyl adjacent to an activating group) is 1. The molecule has 0 saturated heterocycles. The molecule has 3 N–H and O–H groups in total. The van der Waals surface area contributed by atoms with Gasteiger partial charge in [0, 0.05) is 17.9 Å². The van der Waals surface area contributed by atoms with Crippen LogP contribution in [0.4, 0.5) is 11.6 Å². The quantitative estimate of drug-likeness (QED) is 0.412. The maximum Gasteiger partial charge on any atom is 0.333 e. The average Bonchev–Trinajstić information content (AvgIpc) is 3.19. The van der Waals surface area contributed by atoms with Crippen LogP contribution >= 0.6 is 23.2 Å². The molecular formula is C23H21Cl2N7O. The fourth-order valence-electron chi connectivity index (χ4n) is 4.17. The van der Waals surface area contributed by atoms with Crippen LogP contribution in [0.3, 0.4) is 0 Å². The molecule has 0 aliphatic heterocycles. The van der Waals surface area contributed by atoms with Crippen LogP contribution in [0.2, 0.25) is 10.0 Å². The zero-order valence-corrected chi connectivity index (χ0v) is 19.5. The van der Waals surface area contributed by atoms with E-state index in [4.69, 9.17) is 28.6 Å². The van der Waals surface area contributed by atoms with E-state index in [1.54, 1.807) is 18.2 Å². The Morgan fingerprint density at radius 3 is 2.61 bits per heavy atom. The lowest BCUT2D eigenvalue weighted by Gasteiger charge is -2.17. The number of hydrogen-bond donors (Lipinski definition) is 3. The first kappa shape index (κ1) is 21.6. The normalized spacial score (nSPS) is 15.2. The number of fused-ring (bicyclic) bond motifs is 2. The van der Waals surface area contributed by atoms with E-state index in [-0.39, 0.29) is 26.9 Å². The first-order chi connectivity index (χ1) is 15.8. The number of nitrogens with zero attached hydrogens (tertiary/aromatic N) is 4. The summed E-state index contributed by atoms with van der Waals surface area (Å²) >= 11 is 12.5. The average molecular weight is 482 g/mol. The van der Waals surface area contributed by atoms with Crippen molar-refractivity contribution in [2.75, 3.05) is 19.4 Å². The number of hydrogen-bond acceptors (Lipinski definition) is 6. The van der Waals surface area contributed by atoms with Crippen LogP contribution < -0.4 is 16.5 Å². The SMILES string of the molecule is CN(C)[C@@H]1Cc2ccc(Nc3ncc4c(=N)n(-c5c(Cl)cccc5Cl)c(=O)[nH]c4n3)cc2C1. The van der Waals surface area contributed by atoms with Crippen LogP contribution in [-0.4, -0.2) is 44.6 Å². The number of aromatic amines is 1. The topological polar surface area (TPSA) is 103 Å². The minimum Gasteiger partial charge on any atom is -0.324 e. The first-order valence-corrected chi connectivity index (χ1v) is 11.1. The van der Waals surface area contributed by atoms with E-state index in [0.717, 1.165) is 23.1 Å². The third-order valence-corrected chi connectivity index (χ3v) is 6.57. The Kier molecular flexibility index (Phi) is 5.44. The number of nitrogens with one attached hydrogen (secondary N) is 3. The Morgan fingerprint density at radius 2 is 1.88 bits per heavy atom. The van der Waals surface area contributed by atoms with E-state index in [0.29, 0.717) is 17.4 Å². The van der Waals surface area contributed by atoms with Crippen LogP contribution in [-0.2, 0) is 12.8 Å². The number of halogens is 2. The van der Waals surface area contributed by atoms with Crippen molar-refractivity contribution in [1.29, 1.82) is 5.41 Å². The third kappa shape index (κ3) is 3.90. The van der Waals surface area contributed by atoms with Gasteiger partial charge in [0.15, 0.2) is 5.65 Å².